The lowest BCUT2D eigenvalue weighted by Crippen LogP contribution is -2.44. The molecule has 0 unspecified atom stereocenters. The average Bonchev–Trinajstić information content (AvgIpc) is 2.94. The number of fused-ring (bicyclic) bond motifs is 1. The highest BCUT2D eigenvalue weighted by Gasteiger charge is 2.53. The van der Waals surface area contributed by atoms with Gasteiger partial charge in [0.25, 0.3) is 0 Å². The minimum absolute atomic E-state index is 0.0178. The SMILES string of the molecule is CO[C@@H]1CC[C@]2(c3cc(C)ccc3F)N=C(NC(=O)OC(C)(C)C)SC[C@H]12. The van der Waals surface area contributed by atoms with Crippen LogP contribution in [0.1, 0.15) is 44.7 Å². The molecule has 1 N–H and O–H groups in total. The number of methoxy groups -OCH3 is 1. The Labute approximate surface area is 164 Å². The number of amidine groups is 1. The van der Waals surface area contributed by atoms with Gasteiger partial charge in [0.2, 0.25) is 0 Å². The van der Waals surface area contributed by atoms with E-state index >= 15 is 0 Å². The van der Waals surface area contributed by atoms with Crippen molar-refractivity contribution in [2.24, 2.45) is 10.9 Å². The number of alkyl carbamates (subject to hydrolysis) is 1. The lowest BCUT2D eigenvalue weighted by molar-refractivity contribution is 0.0561. The first-order valence-electron chi connectivity index (χ1n) is 9.17. The molecule has 0 spiro atoms. The largest absolute Gasteiger partial charge is 0.444 e. The van der Waals surface area contributed by atoms with Crippen LogP contribution >= 0.6 is 11.8 Å². The van der Waals surface area contributed by atoms with Crippen LogP contribution in [-0.4, -0.2) is 35.8 Å². The molecule has 1 aliphatic carbocycles. The number of hydrogen-bond acceptors (Lipinski definition) is 5. The van der Waals surface area contributed by atoms with Gasteiger partial charge in [0.15, 0.2) is 5.17 Å². The quantitative estimate of drug-likeness (QED) is 0.809. The number of nitrogens with zero attached hydrogens (tertiary/aromatic N) is 1. The molecule has 0 radical (unpaired) electrons. The molecule has 1 saturated carbocycles. The number of aryl methyl sites for hydroxylation is 1. The number of carbonyl (C=O) groups is 1. The van der Waals surface area contributed by atoms with Crippen molar-refractivity contribution in [2.75, 3.05) is 12.9 Å². The summed E-state index contributed by atoms with van der Waals surface area (Å²) in [5.74, 6) is 0.475. The average molecular weight is 395 g/mol. The first kappa shape index (κ1) is 20.1. The molecule has 1 amide bonds. The van der Waals surface area contributed by atoms with Gasteiger partial charge in [0.05, 0.1) is 11.6 Å². The van der Waals surface area contributed by atoms with E-state index in [1.54, 1.807) is 13.2 Å². The molecule has 1 heterocycles. The van der Waals surface area contributed by atoms with Crippen molar-refractivity contribution in [3.8, 4) is 0 Å². The Kier molecular flexibility index (Phi) is 5.54. The third-order valence-corrected chi connectivity index (χ3v) is 6.06. The summed E-state index contributed by atoms with van der Waals surface area (Å²) in [5.41, 5.74) is 0.236. The van der Waals surface area contributed by atoms with Gasteiger partial charge in [-0.15, -0.1) is 0 Å². The topological polar surface area (TPSA) is 59.9 Å². The van der Waals surface area contributed by atoms with E-state index in [-0.39, 0.29) is 17.8 Å². The molecule has 5 nitrogen and oxygen atoms in total. The Morgan fingerprint density at radius 3 is 2.81 bits per heavy atom. The smallest absolute Gasteiger partial charge is 0.413 e. The molecule has 1 aliphatic heterocycles. The normalized spacial score (nSPS) is 27.7. The number of thioether (sulfide) groups is 1. The standard InChI is InChI=1S/C20H27FN2O3S/c1-12-6-7-15(21)13(10-12)20-9-8-16(25-5)14(20)11-27-17(23-20)22-18(24)26-19(2,3)4/h6-7,10,14,16H,8-9,11H2,1-5H3,(H,22,23,24)/t14-,16-,20-/m1/s1. The molecule has 3 rings (SSSR count). The highest BCUT2D eigenvalue weighted by molar-refractivity contribution is 8.13. The van der Waals surface area contributed by atoms with Crippen molar-refractivity contribution in [1.29, 1.82) is 0 Å². The van der Waals surface area contributed by atoms with Crippen LogP contribution in [0.2, 0.25) is 0 Å². The summed E-state index contributed by atoms with van der Waals surface area (Å²) in [6.07, 6.45) is 0.951. The number of rotatable bonds is 2. The van der Waals surface area contributed by atoms with Gasteiger partial charge < -0.3 is 9.47 Å². The van der Waals surface area contributed by atoms with E-state index < -0.39 is 17.2 Å². The van der Waals surface area contributed by atoms with Crippen molar-refractivity contribution < 1.29 is 18.7 Å². The van der Waals surface area contributed by atoms with E-state index in [1.807, 2.05) is 33.8 Å². The fraction of sp³-hybridized carbons (Fsp3) is 0.600. The molecule has 0 bridgehead atoms. The lowest BCUT2D eigenvalue weighted by atomic mass is 9.80. The van der Waals surface area contributed by atoms with Crippen molar-refractivity contribution in [3.05, 3.63) is 35.1 Å². The Morgan fingerprint density at radius 2 is 2.15 bits per heavy atom. The minimum Gasteiger partial charge on any atom is -0.444 e. The van der Waals surface area contributed by atoms with Crippen LogP contribution < -0.4 is 5.32 Å². The number of benzene rings is 1. The van der Waals surface area contributed by atoms with Crippen LogP contribution in [0.5, 0.6) is 0 Å². The summed E-state index contributed by atoms with van der Waals surface area (Å²) in [5, 5.41) is 3.21. The van der Waals surface area contributed by atoms with Crippen LogP contribution in [0.25, 0.3) is 0 Å². The predicted octanol–water partition coefficient (Wildman–Crippen LogP) is 4.38. The second kappa shape index (κ2) is 7.43. The summed E-state index contributed by atoms with van der Waals surface area (Å²) >= 11 is 1.45. The maximum absolute atomic E-state index is 14.8. The van der Waals surface area contributed by atoms with Crippen molar-refractivity contribution >= 4 is 23.0 Å². The monoisotopic (exact) mass is 394 g/mol. The fourth-order valence-corrected chi connectivity index (χ4v) is 5.14. The van der Waals surface area contributed by atoms with E-state index in [0.29, 0.717) is 22.9 Å². The zero-order valence-corrected chi connectivity index (χ0v) is 17.3. The Morgan fingerprint density at radius 1 is 1.41 bits per heavy atom. The summed E-state index contributed by atoms with van der Waals surface area (Å²) in [6, 6.07) is 5.12. The number of amides is 1. The number of ether oxygens (including phenoxy) is 2. The fourth-order valence-electron chi connectivity index (χ4n) is 3.93. The van der Waals surface area contributed by atoms with Crippen LogP contribution in [0, 0.1) is 18.7 Å². The molecule has 3 atom stereocenters. The molecule has 0 saturated heterocycles. The summed E-state index contributed by atoms with van der Waals surface area (Å²) < 4.78 is 25.8. The number of carbonyl (C=O) groups excluding carboxylic acids is 1. The van der Waals surface area contributed by atoms with Crippen molar-refractivity contribution in [3.63, 3.8) is 0 Å². The maximum atomic E-state index is 14.8. The van der Waals surface area contributed by atoms with Gasteiger partial charge in [0.1, 0.15) is 11.4 Å². The lowest BCUT2D eigenvalue weighted by Gasteiger charge is -2.38. The highest BCUT2D eigenvalue weighted by atomic mass is 32.2. The van der Waals surface area contributed by atoms with Gasteiger partial charge in [-0.3, -0.25) is 10.3 Å². The Hall–Kier alpha value is -1.60. The molecule has 27 heavy (non-hydrogen) atoms. The van der Waals surface area contributed by atoms with Gasteiger partial charge >= 0.3 is 6.09 Å². The molecule has 7 heteroatoms. The van der Waals surface area contributed by atoms with Gasteiger partial charge in [-0.2, -0.15) is 0 Å². The van der Waals surface area contributed by atoms with Crippen molar-refractivity contribution in [1.82, 2.24) is 5.32 Å². The van der Waals surface area contributed by atoms with Crippen LogP contribution in [0.3, 0.4) is 0 Å². The molecular weight excluding hydrogens is 367 g/mol. The predicted molar refractivity (Wildman–Crippen MR) is 106 cm³/mol. The summed E-state index contributed by atoms with van der Waals surface area (Å²) in [7, 11) is 1.69. The summed E-state index contributed by atoms with van der Waals surface area (Å²) in [6.45, 7) is 7.37. The third kappa shape index (κ3) is 4.14. The van der Waals surface area contributed by atoms with Crippen molar-refractivity contribution in [2.45, 2.75) is 57.8 Å². The molecule has 148 valence electrons. The molecule has 2 aliphatic rings. The third-order valence-electron chi connectivity index (χ3n) is 5.07. The minimum atomic E-state index is -0.730. The molecule has 1 aromatic rings. The molecular formula is C20H27FN2O3S. The van der Waals surface area contributed by atoms with Gasteiger partial charge in [-0.25, -0.2) is 9.18 Å². The second-order valence-corrected chi connectivity index (χ2v) is 9.19. The first-order valence-corrected chi connectivity index (χ1v) is 10.2. The maximum Gasteiger partial charge on any atom is 0.413 e. The van der Waals surface area contributed by atoms with Crippen LogP contribution in [0.15, 0.2) is 23.2 Å². The van der Waals surface area contributed by atoms with E-state index in [2.05, 4.69) is 5.32 Å². The van der Waals surface area contributed by atoms with E-state index in [0.717, 1.165) is 12.0 Å². The number of halogens is 1. The number of aliphatic imine (C=N–C) groups is 1. The molecule has 1 aromatic carbocycles. The van der Waals surface area contributed by atoms with E-state index in [1.165, 1.54) is 17.8 Å². The second-order valence-electron chi connectivity index (χ2n) is 8.18. The number of hydrogen-bond donors (Lipinski definition) is 1. The van der Waals surface area contributed by atoms with E-state index in [4.69, 9.17) is 14.5 Å². The Balaban J connectivity index is 1.98. The van der Waals surface area contributed by atoms with Crippen LogP contribution in [0.4, 0.5) is 9.18 Å². The zero-order valence-electron chi connectivity index (χ0n) is 16.5. The van der Waals surface area contributed by atoms with E-state index in [9.17, 15) is 9.18 Å². The van der Waals surface area contributed by atoms with Gasteiger partial charge in [0, 0.05) is 24.3 Å². The zero-order chi connectivity index (χ0) is 19.8. The van der Waals surface area contributed by atoms with Gasteiger partial charge in [-0.05, 0) is 46.6 Å². The Bertz CT molecular complexity index is 762. The number of nitrogens with one attached hydrogen (secondary N) is 1. The first-order chi connectivity index (χ1) is 12.6. The van der Waals surface area contributed by atoms with Gasteiger partial charge in [-0.1, -0.05) is 29.5 Å². The highest BCUT2D eigenvalue weighted by Crippen LogP contribution is 2.52. The molecule has 1 fully saturated rings. The van der Waals surface area contributed by atoms with Crippen LogP contribution in [-0.2, 0) is 15.0 Å². The summed E-state index contributed by atoms with van der Waals surface area (Å²) in [4.78, 5) is 17.0. The molecule has 0 aromatic heterocycles.